The van der Waals surface area contributed by atoms with Crippen molar-refractivity contribution in [1.82, 2.24) is 14.9 Å². The summed E-state index contributed by atoms with van der Waals surface area (Å²) in [6.07, 6.45) is -0.966. The molecule has 0 aliphatic rings. The number of carbonyl (C=O) groups is 1. The van der Waals surface area contributed by atoms with E-state index in [1.807, 2.05) is 0 Å². The highest BCUT2D eigenvalue weighted by Crippen LogP contribution is 2.30. The predicted octanol–water partition coefficient (Wildman–Crippen LogP) is 2.17. The van der Waals surface area contributed by atoms with Crippen molar-refractivity contribution in [2.45, 2.75) is 23.5 Å². The number of rotatable bonds is 6. The molecule has 0 saturated heterocycles. The van der Waals surface area contributed by atoms with Gasteiger partial charge in [0.25, 0.3) is 0 Å². The van der Waals surface area contributed by atoms with Crippen LogP contribution < -0.4 is 5.32 Å². The number of hydrogen-bond donors (Lipinski definition) is 1. The van der Waals surface area contributed by atoms with Crippen LogP contribution in [0.3, 0.4) is 0 Å². The third-order valence-corrected chi connectivity index (χ3v) is 3.15. The topological polar surface area (TPSA) is 109 Å². The van der Waals surface area contributed by atoms with Crippen LogP contribution in [0.25, 0.3) is 0 Å². The molecular weight excluding hydrogens is 362 g/mol. The maximum absolute atomic E-state index is 11.5. The Kier molecular flexibility index (Phi) is 6.66. The van der Waals surface area contributed by atoms with Crippen LogP contribution in [-0.2, 0) is 16.0 Å². The smallest absolute Gasteiger partial charge is 0.409 e. The zero-order valence-electron chi connectivity index (χ0n) is 11.6. The fraction of sp³-hybridized carbons (Fsp3) is 0.600. The molecule has 1 amide bonds. The molecule has 0 fully saturated rings. The van der Waals surface area contributed by atoms with Gasteiger partial charge < -0.3 is 19.6 Å². The number of imidazole rings is 1. The fourth-order valence-corrected chi connectivity index (χ4v) is 1.96. The third-order valence-electron chi connectivity index (χ3n) is 2.55. The second-order valence-electron chi connectivity index (χ2n) is 4.01. The van der Waals surface area contributed by atoms with E-state index in [0.29, 0.717) is 5.82 Å². The van der Waals surface area contributed by atoms with Crippen molar-refractivity contribution >= 4 is 46.7 Å². The fourth-order valence-electron chi connectivity index (χ4n) is 1.53. The number of halogens is 3. The van der Waals surface area contributed by atoms with Crippen molar-refractivity contribution < 1.29 is 19.2 Å². The zero-order valence-corrected chi connectivity index (χ0v) is 13.9. The van der Waals surface area contributed by atoms with Gasteiger partial charge in [0.2, 0.25) is 3.79 Å². The van der Waals surface area contributed by atoms with E-state index in [4.69, 9.17) is 44.3 Å². The Bertz CT molecular complexity index is 545. The van der Waals surface area contributed by atoms with Crippen LogP contribution in [0, 0.1) is 17.0 Å². The summed E-state index contributed by atoms with van der Waals surface area (Å²) in [5, 5.41) is 13.0. The largest absolute Gasteiger partial charge is 0.445 e. The van der Waals surface area contributed by atoms with Gasteiger partial charge >= 0.3 is 11.9 Å². The highest BCUT2D eigenvalue weighted by molar-refractivity contribution is 6.68. The first-order valence-corrected chi connectivity index (χ1v) is 6.99. The molecule has 1 unspecified atom stereocenters. The van der Waals surface area contributed by atoms with Gasteiger partial charge in [-0.05, 0) is 4.92 Å². The average Bonchev–Trinajstić information content (AvgIpc) is 2.76. The van der Waals surface area contributed by atoms with E-state index in [1.54, 1.807) is 6.92 Å². The number of aromatic nitrogens is 2. The van der Waals surface area contributed by atoms with Crippen molar-refractivity contribution in [2.75, 3.05) is 13.7 Å². The predicted molar refractivity (Wildman–Crippen MR) is 79.2 cm³/mol. The third kappa shape index (κ3) is 5.16. The van der Waals surface area contributed by atoms with E-state index in [1.165, 1.54) is 11.7 Å². The van der Waals surface area contributed by atoms with Crippen LogP contribution in [0.5, 0.6) is 0 Å². The van der Waals surface area contributed by atoms with Gasteiger partial charge in [0.05, 0.1) is 0 Å². The Morgan fingerprint density at radius 3 is 2.73 bits per heavy atom. The maximum Gasteiger partial charge on any atom is 0.409 e. The summed E-state index contributed by atoms with van der Waals surface area (Å²) in [6.45, 7) is 1.51. The lowest BCUT2D eigenvalue weighted by Crippen LogP contribution is -2.45. The van der Waals surface area contributed by atoms with E-state index in [0.717, 1.165) is 6.20 Å². The molecule has 1 atom stereocenters. The molecule has 1 aromatic heterocycles. The van der Waals surface area contributed by atoms with Gasteiger partial charge in [-0.3, -0.25) is 5.32 Å². The maximum atomic E-state index is 11.5. The van der Waals surface area contributed by atoms with E-state index in [2.05, 4.69) is 10.3 Å². The van der Waals surface area contributed by atoms with Gasteiger partial charge in [-0.15, -0.1) is 0 Å². The summed E-state index contributed by atoms with van der Waals surface area (Å²) in [5.41, 5.74) is 0. The van der Waals surface area contributed by atoms with E-state index in [9.17, 15) is 14.9 Å². The Morgan fingerprint density at radius 2 is 2.23 bits per heavy atom. The van der Waals surface area contributed by atoms with Crippen molar-refractivity contribution in [1.29, 1.82) is 0 Å². The molecule has 0 spiro atoms. The number of amides is 1. The minimum absolute atomic E-state index is 0.0565. The van der Waals surface area contributed by atoms with E-state index in [-0.39, 0.29) is 19.0 Å². The highest BCUT2D eigenvalue weighted by atomic mass is 35.6. The minimum atomic E-state index is -1.87. The Hall–Kier alpha value is -1.29. The van der Waals surface area contributed by atoms with Crippen LogP contribution >= 0.6 is 34.8 Å². The Balaban J connectivity index is 2.53. The number of ether oxygens (including phenoxy) is 2. The number of nitrogens with zero attached hydrogens (tertiary/aromatic N) is 3. The molecule has 0 aromatic carbocycles. The Morgan fingerprint density at radius 1 is 1.59 bits per heavy atom. The monoisotopic (exact) mass is 374 g/mol. The summed E-state index contributed by atoms with van der Waals surface area (Å²) in [6, 6.07) is 0. The first-order chi connectivity index (χ1) is 10.2. The number of aryl methyl sites for hydroxylation is 1. The molecule has 0 aliphatic heterocycles. The quantitative estimate of drug-likeness (QED) is 0.353. The normalized spacial score (nSPS) is 12.8. The average molecular weight is 376 g/mol. The van der Waals surface area contributed by atoms with Crippen LogP contribution in [0.1, 0.15) is 5.82 Å². The first-order valence-electron chi connectivity index (χ1n) is 5.86. The van der Waals surface area contributed by atoms with Gasteiger partial charge in [-0.2, -0.15) is 0 Å². The second-order valence-corrected chi connectivity index (χ2v) is 6.38. The number of hydrogen-bond acceptors (Lipinski definition) is 6. The first kappa shape index (κ1) is 18.8. The molecule has 12 heteroatoms. The summed E-state index contributed by atoms with van der Waals surface area (Å²) < 4.78 is 9.08. The van der Waals surface area contributed by atoms with Crippen LogP contribution in [0.15, 0.2) is 6.20 Å². The van der Waals surface area contributed by atoms with Gasteiger partial charge in [0.1, 0.15) is 19.3 Å². The van der Waals surface area contributed by atoms with Gasteiger partial charge in [0.15, 0.2) is 12.1 Å². The zero-order chi connectivity index (χ0) is 16.9. The number of nitro groups is 1. The lowest BCUT2D eigenvalue weighted by molar-refractivity contribution is -0.392. The molecule has 1 N–H and O–H groups in total. The molecule has 0 saturated carbocycles. The second kappa shape index (κ2) is 7.82. The lowest BCUT2D eigenvalue weighted by Gasteiger charge is -2.23. The molecule has 1 aromatic rings. The molecule has 1 heterocycles. The molecule has 9 nitrogen and oxygen atoms in total. The number of alkyl halides is 3. The van der Waals surface area contributed by atoms with Crippen molar-refractivity contribution in [3.05, 3.63) is 22.1 Å². The molecule has 0 bridgehead atoms. The molecule has 0 aliphatic carbocycles. The van der Waals surface area contributed by atoms with Crippen molar-refractivity contribution in [3.63, 3.8) is 0 Å². The van der Waals surface area contributed by atoms with Crippen LogP contribution in [0.4, 0.5) is 10.6 Å². The number of alkyl carbamates (subject to hydrolysis) is 1. The van der Waals surface area contributed by atoms with E-state index >= 15 is 0 Å². The minimum Gasteiger partial charge on any atom is -0.445 e. The summed E-state index contributed by atoms with van der Waals surface area (Å²) in [7, 11) is 1.24. The molecule has 22 heavy (non-hydrogen) atoms. The molecular formula is C10H13Cl3N4O5. The Labute approximate surface area is 140 Å². The molecule has 1 rings (SSSR count). The van der Waals surface area contributed by atoms with Gasteiger partial charge in [-0.1, -0.05) is 34.8 Å². The lowest BCUT2D eigenvalue weighted by atomic mass is 10.6. The van der Waals surface area contributed by atoms with Crippen molar-refractivity contribution in [3.8, 4) is 0 Å². The van der Waals surface area contributed by atoms with Crippen molar-refractivity contribution in [2.24, 2.45) is 0 Å². The number of methoxy groups -OCH3 is 1. The molecule has 124 valence electrons. The van der Waals surface area contributed by atoms with Gasteiger partial charge in [-0.25, -0.2) is 14.3 Å². The van der Waals surface area contributed by atoms with Gasteiger partial charge in [0, 0.05) is 14.0 Å². The molecule has 0 radical (unpaired) electrons. The van der Waals surface area contributed by atoms with E-state index < -0.39 is 21.0 Å². The summed E-state index contributed by atoms with van der Waals surface area (Å²) in [4.78, 5) is 25.6. The SMILES string of the molecule is COC(NC(=O)OCCn1c([N+](=O)[O-])cnc1C)C(Cl)(Cl)Cl. The standard InChI is InChI=1S/C10H13Cl3N4O5/c1-6-14-5-7(17(19)20)16(6)3-4-22-9(18)15-8(21-2)10(11,12)13/h5,8H,3-4H2,1-2H3,(H,15,18). The van der Waals surface area contributed by atoms with Crippen LogP contribution in [-0.4, -0.2) is 44.3 Å². The van der Waals surface area contributed by atoms with Crippen LogP contribution in [0.2, 0.25) is 0 Å². The summed E-state index contributed by atoms with van der Waals surface area (Å²) in [5.74, 6) is 0.226. The summed E-state index contributed by atoms with van der Waals surface area (Å²) >= 11 is 16.7. The number of nitrogens with one attached hydrogen (secondary N) is 1. The number of carbonyl (C=O) groups excluding carboxylic acids is 1. The highest BCUT2D eigenvalue weighted by Gasteiger charge is 2.34.